The second kappa shape index (κ2) is 4.98. The Morgan fingerprint density at radius 1 is 1.47 bits per heavy atom. The van der Waals surface area contributed by atoms with Crippen molar-refractivity contribution in [2.45, 2.75) is 12.3 Å². The van der Waals surface area contributed by atoms with Gasteiger partial charge in [0.1, 0.15) is 5.82 Å². The summed E-state index contributed by atoms with van der Waals surface area (Å²) in [6.45, 7) is -1.24. The molecule has 0 aromatic carbocycles. The maximum atomic E-state index is 12.5. The molecule has 0 atom stereocenters. The van der Waals surface area contributed by atoms with E-state index in [2.05, 4.69) is 4.98 Å². The van der Waals surface area contributed by atoms with Gasteiger partial charge >= 0.3 is 12.3 Å². The number of alkyl halides is 4. The normalized spacial score (nSPS) is 11.6. The van der Waals surface area contributed by atoms with E-state index in [1.54, 1.807) is 0 Å². The van der Waals surface area contributed by atoms with E-state index in [1.165, 1.54) is 12.1 Å². The third kappa shape index (κ3) is 3.58. The van der Waals surface area contributed by atoms with Crippen LogP contribution in [0.15, 0.2) is 18.3 Å². The Kier molecular flexibility index (Phi) is 3.87. The Labute approximate surface area is 93.8 Å². The number of nitrogens with two attached hydrogens (primary N) is 1. The van der Waals surface area contributed by atoms with Crippen molar-refractivity contribution in [2.75, 3.05) is 11.9 Å². The number of carbonyl (C=O) groups excluding carboxylic acids is 1. The van der Waals surface area contributed by atoms with Crippen LogP contribution in [0.4, 0.5) is 23.4 Å². The minimum absolute atomic E-state index is 0.0460. The van der Waals surface area contributed by atoms with Gasteiger partial charge in [0.05, 0.1) is 12.1 Å². The van der Waals surface area contributed by atoms with Crippen molar-refractivity contribution in [1.82, 2.24) is 4.98 Å². The van der Waals surface area contributed by atoms with Crippen molar-refractivity contribution in [3.8, 4) is 0 Å². The smallest absolute Gasteiger partial charge is 0.324 e. The highest BCUT2D eigenvalue weighted by Gasteiger charge is 2.40. The van der Waals surface area contributed by atoms with E-state index in [9.17, 15) is 22.4 Å². The summed E-state index contributed by atoms with van der Waals surface area (Å²) in [6, 6.07) is 2.44. The lowest BCUT2D eigenvalue weighted by Gasteiger charge is -2.15. The fourth-order valence-electron chi connectivity index (χ4n) is 0.930. The number of pyridine rings is 1. The number of nitrogens with zero attached hydrogens (tertiary/aromatic N) is 1. The fraction of sp³-hybridized carbons (Fsp3) is 0.333. The molecule has 94 valence electrons. The average molecular weight is 251 g/mol. The zero-order chi connectivity index (χ0) is 13.1. The van der Waals surface area contributed by atoms with Crippen LogP contribution in [-0.4, -0.2) is 29.8 Å². The van der Waals surface area contributed by atoms with Gasteiger partial charge in [-0.3, -0.25) is 4.79 Å². The zero-order valence-electron chi connectivity index (χ0n) is 8.46. The van der Waals surface area contributed by atoms with Crippen LogP contribution >= 0.6 is 0 Å². The standard InChI is InChI=1S/C9H9F4N3O/c10-8(11)9(12,13)4-16-6-2-1-5(3-15-6)7(14)17/h1-3,8H,4H2,(H2,14,17)(H,15,16). The molecule has 0 radical (unpaired) electrons. The first-order valence-corrected chi connectivity index (χ1v) is 4.48. The molecule has 0 saturated carbocycles. The predicted octanol–water partition coefficient (Wildman–Crippen LogP) is 1.49. The summed E-state index contributed by atoms with van der Waals surface area (Å²) in [4.78, 5) is 14.2. The lowest BCUT2D eigenvalue weighted by Crippen LogP contribution is -2.35. The fourth-order valence-corrected chi connectivity index (χ4v) is 0.930. The Morgan fingerprint density at radius 2 is 2.12 bits per heavy atom. The van der Waals surface area contributed by atoms with Crippen molar-refractivity contribution in [2.24, 2.45) is 5.73 Å². The van der Waals surface area contributed by atoms with E-state index < -0.39 is 24.8 Å². The maximum Gasteiger partial charge on any atom is 0.324 e. The molecule has 1 heterocycles. The van der Waals surface area contributed by atoms with E-state index in [-0.39, 0.29) is 11.4 Å². The minimum atomic E-state index is -4.13. The van der Waals surface area contributed by atoms with E-state index in [0.29, 0.717) is 0 Å². The predicted molar refractivity (Wildman–Crippen MR) is 52.2 cm³/mol. The number of carbonyl (C=O) groups is 1. The number of amides is 1. The molecule has 4 nitrogen and oxygen atoms in total. The first-order chi connectivity index (χ1) is 7.83. The topological polar surface area (TPSA) is 68.0 Å². The number of hydrogen-bond acceptors (Lipinski definition) is 3. The summed E-state index contributed by atoms with van der Waals surface area (Å²) in [6.07, 6.45) is -2.69. The van der Waals surface area contributed by atoms with Crippen LogP contribution in [0.3, 0.4) is 0 Å². The van der Waals surface area contributed by atoms with Crippen LogP contribution in [0, 0.1) is 0 Å². The van der Waals surface area contributed by atoms with Gasteiger partial charge in [0, 0.05) is 6.20 Å². The average Bonchev–Trinajstić information content (AvgIpc) is 2.27. The summed E-state index contributed by atoms with van der Waals surface area (Å²) in [5.41, 5.74) is 5.02. The molecule has 1 amide bonds. The molecular weight excluding hydrogens is 242 g/mol. The number of hydrogen-bond donors (Lipinski definition) is 2. The summed E-state index contributed by atoms with van der Waals surface area (Å²) < 4.78 is 48.7. The molecule has 1 aromatic heterocycles. The van der Waals surface area contributed by atoms with Gasteiger partial charge in [0.2, 0.25) is 5.91 Å². The van der Waals surface area contributed by atoms with Crippen LogP contribution in [-0.2, 0) is 0 Å². The number of anilines is 1. The van der Waals surface area contributed by atoms with Gasteiger partial charge in [0.15, 0.2) is 0 Å². The van der Waals surface area contributed by atoms with Gasteiger partial charge in [-0.1, -0.05) is 0 Å². The molecule has 17 heavy (non-hydrogen) atoms. The molecule has 0 unspecified atom stereocenters. The van der Waals surface area contributed by atoms with Crippen LogP contribution < -0.4 is 11.1 Å². The quantitative estimate of drug-likeness (QED) is 0.779. The molecule has 0 fully saturated rings. The van der Waals surface area contributed by atoms with Crippen LogP contribution in [0.5, 0.6) is 0 Å². The third-order valence-electron chi connectivity index (χ3n) is 1.87. The number of nitrogens with one attached hydrogen (secondary N) is 1. The first-order valence-electron chi connectivity index (χ1n) is 4.48. The molecule has 0 spiro atoms. The summed E-state index contributed by atoms with van der Waals surface area (Å²) in [5, 5.41) is 2.04. The van der Waals surface area contributed by atoms with Crippen molar-refractivity contribution < 1.29 is 22.4 Å². The van der Waals surface area contributed by atoms with Gasteiger partial charge in [-0.15, -0.1) is 0 Å². The number of halogens is 4. The SMILES string of the molecule is NC(=O)c1ccc(NCC(F)(F)C(F)F)nc1. The van der Waals surface area contributed by atoms with Crippen LogP contribution in [0.1, 0.15) is 10.4 Å². The van der Waals surface area contributed by atoms with Crippen molar-refractivity contribution >= 4 is 11.7 Å². The molecule has 3 N–H and O–H groups in total. The molecule has 0 aliphatic carbocycles. The van der Waals surface area contributed by atoms with E-state index in [1.807, 2.05) is 5.32 Å². The highest BCUT2D eigenvalue weighted by molar-refractivity contribution is 5.92. The van der Waals surface area contributed by atoms with Gasteiger partial charge in [-0.25, -0.2) is 13.8 Å². The third-order valence-corrected chi connectivity index (χ3v) is 1.87. The largest absolute Gasteiger partial charge is 0.366 e. The Hall–Kier alpha value is -1.86. The van der Waals surface area contributed by atoms with E-state index >= 15 is 0 Å². The molecular formula is C9H9F4N3O. The summed E-state index contributed by atoms with van der Waals surface area (Å²) in [7, 11) is 0. The number of primary amides is 1. The van der Waals surface area contributed by atoms with Crippen LogP contribution in [0.2, 0.25) is 0 Å². The Balaban J connectivity index is 2.62. The second-order valence-electron chi connectivity index (χ2n) is 3.21. The second-order valence-corrected chi connectivity index (χ2v) is 3.21. The van der Waals surface area contributed by atoms with Gasteiger partial charge in [-0.05, 0) is 12.1 Å². The summed E-state index contributed by atoms with van der Waals surface area (Å²) >= 11 is 0. The maximum absolute atomic E-state index is 12.5. The highest BCUT2D eigenvalue weighted by atomic mass is 19.3. The lowest BCUT2D eigenvalue weighted by molar-refractivity contribution is -0.117. The Morgan fingerprint density at radius 3 is 2.53 bits per heavy atom. The minimum Gasteiger partial charge on any atom is -0.366 e. The Bertz CT molecular complexity index is 394. The van der Waals surface area contributed by atoms with Crippen molar-refractivity contribution in [3.63, 3.8) is 0 Å². The monoisotopic (exact) mass is 251 g/mol. The van der Waals surface area contributed by atoms with E-state index in [0.717, 1.165) is 6.20 Å². The first kappa shape index (κ1) is 13.2. The van der Waals surface area contributed by atoms with Gasteiger partial charge in [0.25, 0.3) is 0 Å². The summed E-state index contributed by atoms with van der Waals surface area (Å²) in [5.74, 6) is -4.90. The van der Waals surface area contributed by atoms with E-state index in [4.69, 9.17) is 5.73 Å². The zero-order valence-corrected chi connectivity index (χ0v) is 8.46. The lowest BCUT2D eigenvalue weighted by atomic mass is 10.2. The molecule has 8 heteroatoms. The molecule has 0 bridgehead atoms. The van der Waals surface area contributed by atoms with Gasteiger partial charge in [-0.2, -0.15) is 8.78 Å². The van der Waals surface area contributed by atoms with Crippen molar-refractivity contribution in [1.29, 1.82) is 0 Å². The molecule has 1 rings (SSSR count). The van der Waals surface area contributed by atoms with Crippen molar-refractivity contribution in [3.05, 3.63) is 23.9 Å². The van der Waals surface area contributed by atoms with Gasteiger partial charge < -0.3 is 11.1 Å². The highest BCUT2D eigenvalue weighted by Crippen LogP contribution is 2.22. The number of aromatic nitrogens is 1. The molecule has 0 aliphatic heterocycles. The molecule has 1 aromatic rings. The van der Waals surface area contributed by atoms with Crippen LogP contribution in [0.25, 0.3) is 0 Å². The number of rotatable bonds is 5. The molecule has 0 saturated heterocycles. The molecule has 0 aliphatic rings.